The van der Waals surface area contributed by atoms with Gasteiger partial charge in [-0.15, -0.1) is 0 Å². The van der Waals surface area contributed by atoms with Crippen LogP contribution in [0.3, 0.4) is 0 Å². The van der Waals surface area contributed by atoms with Gasteiger partial charge < -0.3 is 16.2 Å². The van der Waals surface area contributed by atoms with Gasteiger partial charge in [0, 0.05) is 6.42 Å². The minimum Gasteiger partial charge on any atom is -0.397 e. The monoisotopic (exact) mass is 304 g/mol. The molecular weight excluding hydrogens is 288 g/mol. The standard InChI is InChI=1S/C15H16N2O3S/c16-14-10(8-11-9-20-11)6-7-13(15(14)17)21(18,19)12-4-2-1-3-5-12/h1-7,11H,8-9,16-17H2. The van der Waals surface area contributed by atoms with Crippen LogP contribution < -0.4 is 11.5 Å². The number of epoxide rings is 1. The molecule has 0 bridgehead atoms. The van der Waals surface area contributed by atoms with E-state index in [1.165, 1.54) is 18.2 Å². The smallest absolute Gasteiger partial charge is 0.208 e. The van der Waals surface area contributed by atoms with Gasteiger partial charge in [0.2, 0.25) is 9.84 Å². The Kier molecular flexibility index (Phi) is 3.35. The maximum absolute atomic E-state index is 12.6. The fourth-order valence-corrected chi connectivity index (χ4v) is 3.65. The average Bonchev–Trinajstić information content (AvgIpc) is 3.29. The predicted molar refractivity (Wildman–Crippen MR) is 80.6 cm³/mol. The van der Waals surface area contributed by atoms with Crippen LogP contribution in [0.5, 0.6) is 0 Å². The molecule has 2 aromatic carbocycles. The molecule has 1 aliphatic rings. The quantitative estimate of drug-likeness (QED) is 0.660. The van der Waals surface area contributed by atoms with Crippen molar-refractivity contribution in [3.8, 4) is 0 Å². The summed E-state index contributed by atoms with van der Waals surface area (Å²) in [5.74, 6) is 0. The second-order valence-corrected chi connectivity index (χ2v) is 6.94. The molecule has 2 aromatic rings. The summed E-state index contributed by atoms with van der Waals surface area (Å²) in [6.45, 7) is 0.712. The molecule has 5 nitrogen and oxygen atoms in total. The van der Waals surface area contributed by atoms with E-state index in [0.717, 1.165) is 5.56 Å². The van der Waals surface area contributed by atoms with Crippen LogP contribution in [0.1, 0.15) is 5.56 Å². The Morgan fingerprint density at radius 1 is 1.05 bits per heavy atom. The summed E-state index contributed by atoms with van der Waals surface area (Å²) in [7, 11) is -3.66. The molecule has 1 heterocycles. The summed E-state index contributed by atoms with van der Waals surface area (Å²) in [6.07, 6.45) is 0.824. The van der Waals surface area contributed by atoms with Gasteiger partial charge in [-0.2, -0.15) is 0 Å². The van der Waals surface area contributed by atoms with E-state index in [4.69, 9.17) is 16.2 Å². The van der Waals surface area contributed by atoms with E-state index < -0.39 is 9.84 Å². The maximum Gasteiger partial charge on any atom is 0.208 e. The third kappa shape index (κ3) is 2.59. The van der Waals surface area contributed by atoms with Gasteiger partial charge in [-0.3, -0.25) is 0 Å². The van der Waals surface area contributed by atoms with Crippen LogP contribution in [0, 0.1) is 0 Å². The zero-order valence-corrected chi connectivity index (χ0v) is 12.1. The number of benzene rings is 2. The number of hydrogen-bond donors (Lipinski definition) is 2. The van der Waals surface area contributed by atoms with Gasteiger partial charge in [0.25, 0.3) is 0 Å². The van der Waals surface area contributed by atoms with Crippen LogP contribution in [0.15, 0.2) is 52.3 Å². The van der Waals surface area contributed by atoms with Gasteiger partial charge in [-0.25, -0.2) is 8.42 Å². The molecule has 1 fully saturated rings. The maximum atomic E-state index is 12.6. The molecule has 1 saturated heterocycles. The third-order valence-corrected chi connectivity index (χ3v) is 5.36. The van der Waals surface area contributed by atoms with E-state index in [2.05, 4.69) is 0 Å². The molecule has 1 aliphatic heterocycles. The molecule has 110 valence electrons. The summed E-state index contributed by atoms with van der Waals surface area (Å²) < 4.78 is 30.3. The molecule has 4 N–H and O–H groups in total. The second kappa shape index (κ2) is 5.05. The van der Waals surface area contributed by atoms with Crippen molar-refractivity contribution in [1.82, 2.24) is 0 Å². The van der Waals surface area contributed by atoms with E-state index in [0.29, 0.717) is 18.7 Å². The Morgan fingerprint density at radius 3 is 2.33 bits per heavy atom. The lowest BCUT2D eigenvalue weighted by Crippen LogP contribution is -2.10. The van der Waals surface area contributed by atoms with Gasteiger partial charge >= 0.3 is 0 Å². The first-order chi connectivity index (χ1) is 10.00. The van der Waals surface area contributed by atoms with Crippen LogP contribution in [0.2, 0.25) is 0 Å². The molecule has 6 heteroatoms. The summed E-state index contributed by atoms with van der Waals surface area (Å²) in [5, 5.41) is 0. The van der Waals surface area contributed by atoms with Gasteiger partial charge in [0.05, 0.1) is 33.9 Å². The fraction of sp³-hybridized carbons (Fsp3) is 0.200. The largest absolute Gasteiger partial charge is 0.397 e. The zero-order chi connectivity index (χ0) is 15.0. The van der Waals surface area contributed by atoms with Crippen LogP contribution in [-0.2, 0) is 21.0 Å². The van der Waals surface area contributed by atoms with Crippen LogP contribution in [0.4, 0.5) is 11.4 Å². The molecule has 21 heavy (non-hydrogen) atoms. The predicted octanol–water partition coefficient (Wildman–Crippen LogP) is 1.63. The SMILES string of the molecule is Nc1c(CC2CO2)ccc(S(=O)(=O)c2ccccc2)c1N. The summed E-state index contributed by atoms with van der Waals surface area (Å²) in [6, 6.07) is 11.4. The Bertz CT molecular complexity index is 769. The Balaban J connectivity index is 2.04. The first-order valence-electron chi connectivity index (χ1n) is 6.58. The molecule has 0 aromatic heterocycles. The van der Waals surface area contributed by atoms with E-state index in [-0.39, 0.29) is 21.6 Å². The first kappa shape index (κ1) is 13.9. The summed E-state index contributed by atoms with van der Waals surface area (Å²) >= 11 is 0. The first-order valence-corrected chi connectivity index (χ1v) is 8.07. The van der Waals surface area contributed by atoms with E-state index in [1.807, 2.05) is 0 Å². The van der Waals surface area contributed by atoms with Gasteiger partial charge in [0.1, 0.15) is 0 Å². The Morgan fingerprint density at radius 2 is 1.71 bits per heavy atom. The van der Waals surface area contributed by atoms with Gasteiger partial charge in [0.15, 0.2) is 0 Å². The lowest BCUT2D eigenvalue weighted by Gasteiger charge is -2.13. The minimum atomic E-state index is -3.66. The number of ether oxygens (including phenoxy) is 1. The zero-order valence-electron chi connectivity index (χ0n) is 11.3. The average molecular weight is 304 g/mol. The molecule has 0 spiro atoms. The molecule has 0 radical (unpaired) electrons. The Hall–Kier alpha value is -2.05. The van der Waals surface area contributed by atoms with Crippen LogP contribution in [-0.4, -0.2) is 21.1 Å². The van der Waals surface area contributed by atoms with Crippen LogP contribution in [0.25, 0.3) is 0 Å². The molecule has 0 amide bonds. The van der Waals surface area contributed by atoms with Crippen molar-refractivity contribution >= 4 is 21.2 Å². The van der Waals surface area contributed by atoms with E-state index in [9.17, 15) is 8.42 Å². The second-order valence-electron chi connectivity index (χ2n) is 5.03. The summed E-state index contributed by atoms with van der Waals surface area (Å²) in [4.78, 5) is 0.251. The van der Waals surface area contributed by atoms with Crippen molar-refractivity contribution in [1.29, 1.82) is 0 Å². The highest BCUT2D eigenvalue weighted by Crippen LogP contribution is 2.33. The van der Waals surface area contributed by atoms with Crippen LogP contribution >= 0.6 is 0 Å². The summed E-state index contributed by atoms with van der Waals surface area (Å²) in [5.41, 5.74) is 13.2. The number of nitrogens with two attached hydrogens (primary N) is 2. The van der Waals surface area contributed by atoms with E-state index in [1.54, 1.807) is 24.3 Å². The van der Waals surface area contributed by atoms with E-state index >= 15 is 0 Å². The highest BCUT2D eigenvalue weighted by molar-refractivity contribution is 7.91. The highest BCUT2D eigenvalue weighted by atomic mass is 32.2. The van der Waals surface area contributed by atoms with Crippen molar-refractivity contribution in [3.63, 3.8) is 0 Å². The highest BCUT2D eigenvalue weighted by Gasteiger charge is 2.26. The number of hydrogen-bond acceptors (Lipinski definition) is 5. The lowest BCUT2D eigenvalue weighted by atomic mass is 10.1. The topological polar surface area (TPSA) is 98.7 Å². The van der Waals surface area contributed by atoms with Crippen molar-refractivity contribution in [2.75, 3.05) is 18.1 Å². The fourth-order valence-electron chi connectivity index (χ4n) is 2.23. The molecular formula is C15H16N2O3S. The molecule has 1 unspecified atom stereocenters. The van der Waals surface area contributed by atoms with Gasteiger partial charge in [-0.1, -0.05) is 24.3 Å². The van der Waals surface area contributed by atoms with Crippen molar-refractivity contribution in [2.45, 2.75) is 22.3 Å². The van der Waals surface area contributed by atoms with Crippen molar-refractivity contribution < 1.29 is 13.2 Å². The van der Waals surface area contributed by atoms with Crippen molar-refractivity contribution in [2.24, 2.45) is 0 Å². The number of nitrogen functional groups attached to an aromatic ring is 2. The third-order valence-electron chi connectivity index (χ3n) is 3.53. The number of anilines is 2. The molecule has 1 atom stereocenters. The van der Waals surface area contributed by atoms with Gasteiger partial charge in [-0.05, 0) is 23.8 Å². The van der Waals surface area contributed by atoms with Crippen molar-refractivity contribution in [3.05, 3.63) is 48.0 Å². The minimum absolute atomic E-state index is 0.0478. The molecule has 0 aliphatic carbocycles. The number of rotatable bonds is 4. The lowest BCUT2D eigenvalue weighted by molar-refractivity contribution is 0.408. The molecule has 3 rings (SSSR count). The Labute approximate surface area is 123 Å². The molecule has 0 saturated carbocycles. The normalized spacial score (nSPS) is 17.6. The number of sulfone groups is 1.